The van der Waals surface area contributed by atoms with Gasteiger partial charge in [0, 0.05) is 12.1 Å². The first-order valence-corrected chi connectivity index (χ1v) is 7.56. The third-order valence-electron chi connectivity index (χ3n) is 3.59. The number of hydrogen-bond acceptors (Lipinski definition) is 4. The number of nitro groups is 1. The summed E-state index contributed by atoms with van der Waals surface area (Å²) in [7, 11) is 0. The quantitative estimate of drug-likeness (QED) is 0.512. The maximum atomic E-state index is 10.7. The molecule has 122 valence electrons. The molecule has 0 bridgehead atoms. The Morgan fingerprint density at radius 2 is 1.83 bits per heavy atom. The van der Waals surface area contributed by atoms with Crippen LogP contribution in [0, 0.1) is 17.0 Å². The van der Waals surface area contributed by atoms with Crippen molar-refractivity contribution in [3.63, 3.8) is 0 Å². The minimum absolute atomic E-state index is 0.0484. The van der Waals surface area contributed by atoms with E-state index in [0.717, 1.165) is 17.0 Å². The van der Waals surface area contributed by atoms with Crippen LogP contribution in [-0.4, -0.2) is 14.7 Å². The van der Waals surface area contributed by atoms with E-state index in [1.807, 2.05) is 35.9 Å². The Bertz CT molecular complexity index is 826. The van der Waals surface area contributed by atoms with Gasteiger partial charge in [-0.05, 0) is 30.7 Å². The highest BCUT2D eigenvalue weighted by molar-refractivity contribution is 5.36. The van der Waals surface area contributed by atoms with Gasteiger partial charge < -0.3 is 4.74 Å². The van der Waals surface area contributed by atoms with Crippen LogP contribution in [0.5, 0.6) is 5.75 Å². The smallest absolute Gasteiger partial charge is 0.269 e. The maximum Gasteiger partial charge on any atom is 0.269 e. The van der Waals surface area contributed by atoms with Crippen LogP contribution < -0.4 is 4.74 Å². The first kappa shape index (κ1) is 15.7. The summed E-state index contributed by atoms with van der Waals surface area (Å²) in [5.41, 5.74) is 3.09. The van der Waals surface area contributed by atoms with E-state index in [2.05, 4.69) is 17.2 Å². The second-order valence-electron chi connectivity index (χ2n) is 5.46. The van der Waals surface area contributed by atoms with Gasteiger partial charge in [-0.2, -0.15) is 5.10 Å². The van der Waals surface area contributed by atoms with Crippen LogP contribution in [0.25, 0.3) is 0 Å². The van der Waals surface area contributed by atoms with Gasteiger partial charge in [0.25, 0.3) is 5.69 Å². The van der Waals surface area contributed by atoms with Crippen molar-refractivity contribution in [3.05, 3.63) is 87.7 Å². The summed E-state index contributed by atoms with van der Waals surface area (Å²) < 4.78 is 7.65. The fourth-order valence-corrected chi connectivity index (χ4v) is 2.43. The third-order valence-corrected chi connectivity index (χ3v) is 3.59. The minimum Gasteiger partial charge on any atom is -0.487 e. The maximum absolute atomic E-state index is 10.7. The van der Waals surface area contributed by atoms with E-state index in [0.29, 0.717) is 18.9 Å². The molecular formula is C18H17N3O3. The molecule has 0 saturated heterocycles. The SMILES string of the molecule is Cc1cc(COc2ccc([N+](=O)[O-])cc2)n(Cc2ccccc2)n1. The highest BCUT2D eigenvalue weighted by Gasteiger charge is 2.08. The number of hydrogen-bond donors (Lipinski definition) is 0. The van der Waals surface area contributed by atoms with Crippen LogP contribution >= 0.6 is 0 Å². The van der Waals surface area contributed by atoms with Gasteiger partial charge >= 0.3 is 0 Å². The molecule has 6 nitrogen and oxygen atoms in total. The summed E-state index contributed by atoms with van der Waals surface area (Å²) in [6.07, 6.45) is 0. The van der Waals surface area contributed by atoms with E-state index in [1.54, 1.807) is 12.1 Å². The minimum atomic E-state index is -0.428. The standard InChI is InChI=1S/C18H17N3O3/c1-14-11-17(20(19-14)12-15-5-3-2-4-6-15)13-24-18-9-7-16(8-10-18)21(22)23/h2-11H,12-13H2,1H3. The van der Waals surface area contributed by atoms with Crippen LogP contribution in [0.15, 0.2) is 60.7 Å². The summed E-state index contributed by atoms with van der Waals surface area (Å²) in [6, 6.07) is 18.1. The molecule has 0 amide bonds. The number of nitro benzene ring substituents is 1. The van der Waals surface area contributed by atoms with E-state index in [-0.39, 0.29) is 5.69 Å². The van der Waals surface area contributed by atoms with Crippen LogP contribution in [0.4, 0.5) is 5.69 Å². The van der Waals surface area contributed by atoms with Crippen LogP contribution in [0.3, 0.4) is 0 Å². The van der Waals surface area contributed by atoms with Crippen molar-refractivity contribution in [2.24, 2.45) is 0 Å². The average Bonchev–Trinajstić information content (AvgIpc) is 2.93. The zero-order chi connectivity index (χ0) is 16.9. The molecule has 3 rings (SSSR count). The van der Waals surface area contributed by atoms with Gasteiger partial charge in [0.1, 0.15) is 12.4 Å². The second-order valence-corrected chi connectivity index (χ2v) is 5.46. The van der Waals surface area contributed by atoms with E-state index in [1.165, 1.54) is 12.1 Å². The Labute approximate surface area is 139 Å². The normalized spacial score (nSPS) is 10.5. The lowest BCUT2D eigenvalue weighted by atomic mass is 10.2. The summed E-state index contributed by atoms with van der Waals surface area (Å²) in [4.78, 5) is 10.2. The van der Waals surface area contributed by atoms with Crippen molar-refractivity contribution in [2.75, 3.05) is 0 Å². The zero-order valence-corrected chi connectivity index (χ0v) is 13.3. The molecule has 6 heteroatoms. The molecule has 3 aromatic rings. The molecule has 0 N–H and O–H groups in total. The molecule has 0 aliphatic rings. The number of benzene rings is 2. The van der Waals surface area contributed by atoms with E-state index >= 15 is 0 Å². The Hall–Kier alpha value is -3.15. The predicted octanol–water partition coefficient (Wildman–Crippen LogP) is 3.73. The predicted molar refractivity (Wildman–Crippen MR) is 89.9 cm³/mol. The van der Waals surface area contributed by atoms with Crippen LogP contribution in [-0.2, 0) is 13.2 Å². The van der Waals surface area contributed by atoms with Crippen molar-refractivity contribution in [3.8, 4) is 5.75 Å². The summed E-state index contributed by atoms with van der Waals surface area (Å²) in [5.74, 6) is 0.589. The van der Waals surface area contributed by atoms with Gasteiger partial charge in [0.2, 0.25) is 0 Å². The molecule has 1 heterocycles. The van der Waals surface area contributed by atoms with Crippen LogP contribution in [0.1, 0.15) is 17.0 Å². The molecule has 1 aromatic heterocycles. The lowest BCUT2D eigenvalue weighted by Gasteiger charge is -2.09. The molecule has 0 aliphatic heterocycles. The van der Waals surface area contributed by atoms with Gasteiger partial charge in [-0.1, -0.05) is 30.3 Å². The monoisotopic (exact) mass is 323 g/mol. The van der Waals surface area contributed by atoms with Gasteiger partial charge in [0.05, 0.1) is 22.9 Å². The fraction of sp³-hybridized carbons (Fsp3) is 0.167. The highest BCUT2D eigenvalue weighted by Crippen LogP contribution is 2.19. The summed E-state index contributed by atoms with van der Waals surface area (Å²) in [6.45, 7) is 2.97. The first-order valence-electron chi connectivity index (χ1n) is 7.56. The number of nitrogens with zero attached hydrogens (tertiary/aromatic N) is 3. The third kappa shape index (κ3) is 3.78. The molecule has 0 atom stereocenters. The fourth-order valence-electron chi connectivity index (χ4n) is 2.43. The molecular weight excluding hydrogens is 306 g/mol. The first-order chi connectivity index (χ1) is 11.6. The summed E-state index contributed by atoms with van der Waals surface area (Å²) in [5, 5.41) is 15.2. The number of ether oxygens (including phenoxy) is 1. The molecule has 0 spiro atoms. The van der Waals surface area contributed by atoms with Crippen molar-refractivity contribution >= 4 is 5.69 Å². The van der Waals surface area contributed by atoms with Crippen molar-refractivity contribution in [1.82, 2.24) is 9.78 Å². The Morgan fingerprint density at radius 1 is 1.12 bits per heavy atom. The molecule has 2 aromatic carbocycles. The van der Waals surface area contributed by atoms with Crippen LogP contribution in [0.2, 0.25) is 0 Å². The Morgan fingerprint density at radius 3 is 2.50 bits per heavy atom. The highest BCUT2D eigenvalue weighted by atomic mass is 16.6. The number of aryl methyl sites for hydroxylation is 1. The topological polar surface area (TPSA) is 70.2 Å². The van der Waals surface area contributed by atoms with Crippen molar-refractivity contribution in [1.29, 1.82) is 0 Å². The second kappa shape index (κ2) is 6.95. The number of non-ortho nitro benzene ring substituents is 1. The molecule has 24 heavy (non-hydrogen) atoms. The van der Waals surface area contributed by atoms with Crippen molar-refractivity contribution in [2.45, 2.75) is 20.1 Å². The summed E-state index contributed by atoms with van der Waals surface area (Å²) >= 11 is 0. The van der Waals surface area contributed by atoms with Gasteiger partial charge in [-0.15, -0.1) is 0 Å². The molecule has 0 fully saturated rings. The van der Waals surface area contributed by atoms with E-state index in [4.69, 9.17) is 4.74 Å². The largest absolute Gasteiger partial charge is 0.487 e. The van der Waals surface area contributed by atoms with Gasteiger partial charge in [0.15, 0.2) is 0 Å². The van der Waals surface area contributed by atoms with E-state index in [9.17, 15) is 10.1 Å². The number of rotatable bonds is 6. The molecule has 0 unspecified atom stereocenters. The lowest BCUT2D eigenvalue weighted by molar-refractivity contribution is -0.384. The van der Waals surface area contributed by atoms with E-state index < -0.39 is 4.92 Å². The number of aromatic nitrogens is 2. The average molecular weight is 323 g/mol. The molecule has 0 aliphatic carbocycles. The molecule has 0 radical (unpaired) electrons. The van der Waals surface area contributed by atoms with Gasteiger partial charge in [-0.3, -0.25) is 14.8 Å². The Balaban J connectivity index is 1.70. The zero-order valence-electron chi connectivity index (χ0n) is 13.3. The molecule has 0 saturated carbocycles. The lowest BCUT2D eigenvalue weighted by Crippen LogP contribution is -2.09. The Kier molecular flexibility index (Phi) is 4.56. The van der Waals surface area contributed by atoms with Crippen molar-refractivity contribution < 1.29 is 9.66 Å². The van der Waals surface area contributed by atoms with Gasteiger partial charge in [-0.25, -0.2) is 0 Å².